The van der Waals surface area contributed by atoms with Gasteiger partial charge in [-0.2, -0.15) is 0 Å². The Balaban J connectivity index is 2.67. The minimum absolute atomic E-state index is 0.685. The number of aliphatic hydroxyl groups is 1. The molecule has 1 aromatic rings. The van der Waals surface area contributed by atoms with Crippen molar-refractivity contribution in [3.63, 3.8) is 0 Å². The lowest BCUT2D eigenvalue weighted by Gasteiger charge is -2.23. The lowest BCUT2D eigenvalue weighted by atomic mass is 9.91. The van der Waals surface area contributed by atoms with Crippen LogP contribution in [0, 0.1) is 0 Å². The van der Waals surface area contributed by atoms with Crippen LogP contribution >= 0.6 is 15.9 Å². The first-order valence-electron chi connectivity index (χ1n) is 5.03. The predicted molar refractivity (Wildman–Crippen MR) is 64.8 cm³/mol. The molecule has 0 heterocycles. The van der Waals surface area contributed by atoms with Gasteiger partial charge in [0.1, 0.15) is 0 Å². The minimum Gasteiger partial charge on any atom is -0.385 e. The van der Waals surface area contributed by atoms with Crippen molar-refractivity contribution >= 4 is 15.9 Å². The topological polar surface area (TPSA) is 29.5 Å². The van der Waals surface area contributed by atoms with E-state index in [9.17, 15) is 5.11 Å². The van der Waals surface area contributed by atoms with E-state index in [1.807, 2.05) is 31.2 Å². The fraction of sp³-hybridized carbons (Fsp3) is 0.500. The Morgan fingerprint density at radius 1 is 1.47 bits per heavy atom. The fourth-order valence-electron chi connectivity index (χ4n) is 1.53. The molecular formula is C12H17BrO2. The van der Waals surface area contributed by atoms with Crippen LogP contribution in [0.2, 0.25) is 0 Å². The highest BCUT2D eigenvalue weighted by molar-refractivity contribution is 9.10. The molecule has 0 bridgehead atoms. The molecule has 2 nitrogen and oxygen atoms in total. The molecule has 1 atom stereocenters. The molecule has 1 unspecified atom stereocenters. The SMILES string of the molecule is COCCCC(C)(O)c1cccc(Br)c1. The van der Waals surface area contributed by atoms with Gasteiger partial charge in [-0.05, 0) is 37.5 Å². The van der Waals surface area contributed by atoms with Crippen LogP contribution in [0.4, 0.5) is 0 Å². The van der Waals surface area contributed by atoms with Gasteiger partial charge in [-0.3, -0.25) is 0 Å². The van der Waals surface area contributed by atoms with E-state index < -0.39 is 5.60 Å². The average molecular weight is 273 g/mol. The summed E-state index contributed by atoms with van der Waals surface area (Å²) in [5.41, 5.74) is 0.162. The van der Waals surface area contributed by atoms with E-state index in [0.29, 0.717) is 13.0 Å². The van der Waals surface area contributed by atoms with Gasteiger partial charge in [0.15, 0.2) is 0 Å². The van der Waals surface area contributed by atoms with Gasteiger partial charge in [-0.25, -0.2) is 0 Å². The standard InChI is InChI=1S/C12H17BrO2/c1-12(14,7-4-8-15-2)10-5-3-6-11(13)9-10/h3,5-6,9,14H,4,7-8H2,1-2H3. The predicted octanol–water partition coefficient (Wildman–Crippen LogP) is 3.08. The molecule has 0 spiro atoms. The fourth-order valence-corrected chi connectivity index (χ4v) is 1.93. The van der Waals surface area contributed by atoms with Gasteiger partial charge in [-0.1, -0.05) is 28.1 Å². The van der Waals surface area contributed by atoms with Gasteiger partial charge in [0.2, 0.25) is 0 Å². The van der Waals surface area contributed by atoms with Gasteiger partial charge in [-0.15, -0.1) is 0 Å². The van der Waals surface area contributed by atoms with E-state index in [0.717, 1.165) is 16.5 Å². The normalized spacial score (nSPS) is 14.9. The van der Waals surface area contributed by atoms with Crippen LogP contribution in [-0.4, -0.2) is 18.8 Å². The van der Waals surface area contributed by atoms with Crippen molar-refractivity contribution in [2.45, 2.75) is 25.4 Å². The summed E-state index contributed by atoms with van der Waals surface area (Å²) in [4.78, 5) is 0. The van der Waals surface area contributed by atoms with E-state index >= 15 is 0 Å². The second kappa shape index (κ2) is 5.64. The maximum Gasteiger partial charge on any atom is 0.0869 e. The zero-order valence-electron chi connectivity index (χ0n) is 9.16. The van der Waals surface area contributed by atoms with Gasteiger partial charge in [0.05, 0.1) is 5.60 Å². The van der Waals surface area contributed by atoms with Crippen LogP contribution in [0.25, 0.3) is 0 Å². The summed E-state index contributed by atoms with van der Waals surface area (Å²) in [5.74, 6) is 0. The van der Waals surface area contributed by atoms with E-state index in [1.165, 1.54) is 0 Å². The van der Waals surface area contributed by atoms with Gasteiger partial charge >= 0.3 is 0 Å². The van der Waals surface area contributed by atoms with Crippen molar-refractivity contribution in [2.75, 3.05) is 13.7 Å². The van der Waals surface area contributed by atoms with Crippen molar-refractivity contribution in [3.05, 3.63) is 34.3 Å². The molecule has 1 rings (SSSR count). The highest BCUT2D eigenvalue weighted by Crippen LogP contribution is 2.27. The molecule has 15 heavy (non-hydrogen) atoms. The molecule has 1 N–H and O–H groups in total. The van der Waals surface area contributed by atoms with Crippen LogP contribution in [0.5, 0.6) is 0 Å². The number of hydrogen-bond donors (Lipinski definition) is 1. The van der Waals surface area contributed by atoms with Crippen LogP contribution < -0.4 is 0 Å². The smallest absolute Gasteiger partial charge is 0.0869 e. The summed E-state index contributed by atoms with van der Waals surface area (Å²) in [6.07, 6.45) is 1.56. The molecule has 0 aromatic heterocycles. The summed E-state index contributed by atoms with van der Waals surface area (Å²) in [7, 11) is 1.67. The molecule has 0 saturated carbocycles. The first-order valence-corrected chi connectivity index (χ1v) is 5.83. The van der Waals surface area contributed by atoms with E-state index in [4.69, 9.17) is 4.74 Å². The number of halogens is 1. The van der Waals surface area contributed by atoms with Crippen molar-refractivity contribution in [1.29, 1.82) is 0 Å². The van der Waals surface area contributed by atoms with Crippen LogP contribution in [0.15, 0.2) is 28.7 Å². The van der Waals surface area contributed by atoms with Gasteiger partial charge < -0.3 is 9.84 Å². The highest BCUT2D eigenvalue weighted by atomic mass is 79.9. The summed E-state index contributed by atoms with van der Waals surface area (Å²) < 4.78 is 5.97. The van der Waals surface area contributed by atoms with Crippen molar-refractivity contribution in [1.82, 2.24) is 0 Å². The van der Waals surface area contributed by atoms with Crippen LogP contribution in [-0.2, 0) is 10.3 Å². The molecular weight excluding hydrogens is 256 g/mol. The number of methoxy groups -OCH3 is 1. The Morgan fingerprint density at radius 3 is 2.80 bits per heavy atom. The molecule has 0 aliphatic carbocycles. The average Bonchev–Trinajstić information content (AvgIpc) is 2.18. The lowest BCUT2D eigenvalue weighted by molar-refractivity contribution is 0.0372. The molecule has 0 fully saturated rings. The Hall–Kier alpha value is -0.380. The molecule has 0 aliphatic rings. The van der Waals surface area contributed by atoms with Crippen molar-refractivity contribution < 1.29 is 9.84 Å². The number of benzene rings is 1. The maximum absolute atomic E-state index is 10.3. The summed E-state index contributed by atoms with van der Waals surface area (Å²) >= 11 is 3.40. The van der Waals surface area contributed by atoms with Crippen molar-refractivity contribution in [2.24, 2.45) is 0 Å². The zero-order valence-corrected chi connectivity index (χ0v) is 10.8. The third-order valence-electron chi connectivity index (χ3n) is 2.46. The molecule has 0 aliphatic heterocycles. The Labute approximate surface area is 99.4 Å². The summed E-state index contributed by atoms with van der Waals surface area (Å²) in [6, 6.07) is 7.78. The third-order valence-corrected chi connectivity index (χ3v) is 2.95. The minimum atomic E-state index is -0.775. The Kier molecular flexibility index (Phi) is 4.77. The Bertz CT molecular complexity index is 310. The lowest BCUT2D eigenvalue weighted by Crippen LogP contribution is -2.21. The van der Waals surface area contributed by atoms with Crippen LogP contribution in [0.1, 0.15) is 25.3 Å². The Morgan fingerprint density at radius 2 is 2.20 bits per heavy atom. The number of hydrogen-bond acceptors (Lipinski definition) is 2. The molecule has 0 saturated heterocycles. The van der Waals surface area contributed by atoms with Crippen LogP contribution in [0.3, 0.4) is 0 Å². The van der Waals surface area contributed by atoms with Crippen molar-refractivity contribution in [3.8, 4) is 0 Å². The van der Waals surface area contributed by atoms with E-state index in [-0.39, 0.29) is 0 Å². The van der Waals surface area contributed by atoms with E-state index in [1.54, 1.807) is 7.11 Å². The monoisotopic (exact) mass is 272 g/mol. The van der Waals surface area contributed by atoms with Gasteiger partial charge in [0.25, 0.3) is 0 Å². The molecule has 0 amide bonds. The quantitative estimate of drug-likeness (QED) is 0.835. The highest BCUT2D eigenvalue weighted by Gasteiger charge is 2.22. The maximum atomic E-state index is 10.3. The second-order valence-corrected chi connectivity index (χ2v) is 4.80. The second-order valence-electron chi connectivity index (χ2n) is 3.88. The number of ether oxygens (including phenoxy) is 1. The number of rotatable bonds is 5. The summed E-state index contributed by atoms with van der Waals surface area (Å²) in [6.45, 7) is 2.52. The molecule has 1 aromatic carbocycles. The largest absolute Gasteiger partial charge is 0.385 e. The third kappa shape index (κ3) is 3.93. The zero-order chi connectivity index (χ0) is 11.3. The first kappa shape index (κ1) is 12.7. The molecule has 84 valence electrons. The first-order chi connectivity index (χ1) is 7.06. The molecule has 3 heteroatoms. The van der Waals surface area contributed by atoms with Gasteiger partial charge in [0, 0.05) is 18.2 Å². The van der Waals surface area contributed by atoms with E-state index in [2.05, 4.69) is 15.9 Å². The summed E-state index contributed by atoms with van der Waals surface area (Å²) in [5, 5.41) is 10.3. The molecule has 0 radical (unpaired) electrons.